The van der Waals surface area contributed by atoms with Gasteiger partial charge in [-0.15, -0.1) is 0 Å². The van der Waals surface area contributed by atoms with Gasteiger partial charge in [-0.2, -0.15) is 0 Å². The first-order valence-electron chi connectivity index (χ1n) is 5.14. The third-order valence-corrected chi connectivity index (χ3v) is 7.79. The number of rotatable bonds is 5. The molecule has 0 unspecified atom stereocenters. The lowest BCUT2D eigenvalue weighted by atomic mass is 10.4. The molecular formula is C10H23FSi. The molecule has 0 saturated heterocycles. The topological polar surface area (TPSA) is 0 Å². The average molecular weight is 190 g/mol. The molecule has 0 fully saturated rings. The van der Waals surface area contributed by atoms with Crippen molar-refractivity contribution in [2.45, 2.75) is 64.6 Å². The van der Waals surface area contributed by atoms with Gasteiger partial charge in [-0.1, -0.05) is 47.5 Å². The van der Waals surface area contributed by atoms with Crippen LogP contribution in [0.15, 0.2) is 0 Å². The van der Waals surface area contributed by atoms with Crippen molar-refractivity contribution in [2.24, 2.45) is 0 Å². The predicted octanol–water partition coefficient (Wildman–Crippen LogP) is 4.52. The fourth-order valence-electron chi connectivity index (χ4n) is 1.69. The third kappa shape index (κ3) is 2.89. The SMILES string of the molecule is CCCC[Si](F)(C(C)C)C(C)C. The van der Waals surface area contributed by atoms with Crippen molar-refractivity contribution in [1.29, 1.82) is 0 Å². The van der Waals surface area contributed by atoms with E-state index >= 15 is 0 Å². The zero-order chi connectivity index (χ0) is 9.78. The van der Waals surface area contributed by atoms with Crippen LogP contribution in [0.5, 0.6) is 0 Å². The van der Waals surface area contributed by atoms with Gasteiger partial charge in [-0.05, 0) is 17.1 Å². The van der Waals surface area contributed by atoms with E-state index in [4.69, 9.17) is 0 Å². The van der Waals surface area contributed by atoms with Crippen LogP contribution in [0.4, 0.5) is 4.11 Å². The van der Waals surface area contributed by atoms with Crippen LogP contribution < -0.4 is 0 Å². The van der Waals surface area contributed by atoms with Crippen molar-refractivity contribution in [3.8, 4) is 0 Å². The smallest absolute Gasteiger partial charge is 0.252 e. The number of hydrogen-bond donors (Lipinski definition) is 0. The summed E-state index contributed by atoms with van der Waals surface area (Å²) in [6.07, 6.45) is 2.19. The van der Waals surface area contributed by atoms with Crippen LogP contribution in [0, 0.1) is 0 Å². The third-order valence-electron chi connectivity index (χ3n) is 2.83. The average Bonchev–Trinajstić information content (AvgIpc) is 1.99. The summed E-state index contributed by atoms with van der Waals surface area (Å²) in [6.45, 7) is 10.3. The first kappa shape index (κ1) is 12.1. The molecule has 0 bridgehead atoms. The van der Waals surface area contributed by atoms with Crippen LogP contribution in [-0.4, -0.2) is 8.41 Å². The number of halogens is 1. The molecule has 0 atom stereocenters. The molecule has 0 rings (SSSR count). The van der Waals surface area contributed by atoms with Gasteiger partial charge in [-0.25, -0.2) is 0 Å². The molecule has 0 saturated carbocycles. The van der Waals surface area contributed by atoms with Crippen molar-refractivity contribution in [2.75, 3.05) is 0 Å². The van der Waals surface area contributed by atoms with Gasteiger partial charge in [0.1, 0.15) is 0 Å². The summed E-state index contributed by atoms with van der Waals surface area (Å²) in [6, 6.07) is 0.860. The van der Waals surface area contributed by atoms with E-state index in [1.807, 2.05) is 27.7 Å². The van der Waals surface area contributed by atoms with Gasteiger partial charge in [0.2, 0.25) is 0 Å². The summed E-state index contributed by atoms with van der Waals surface area (Å²) in [5.41, 5.74) is 0.563. The van der Waals surface area contributed by atoms with Crippen molar-refractivity contribution >= 4 is 8.41 Å². The van der Waals surface area contributed by atoms with Crippen molar-refractivity contribution in [1.82, 2.24) is 0 Å². The molecule has 0 aliphatic rings. The molecule has 2 heteroatoms. The highest BCUT2D eigenvalue weighted by molar-refractivity contribution is 6.75. The Morgan fingerprint density at radius 3 is 1.75 bits per heavy atom. The molecule has 0 amide bonds. The highest BCUT2D eigenvalue weighted by Crippen LogP contribution is 2.38. The predicted molar refractivity (Wildman–Crippen MR) is 56.8 cm³/mol. The van der Waals surface area contributed by atoms with Crippen LogP contribution in [0.1, 0.15) is 47.5 Å². The normalized spacial score (nSPS) is 13.0. The zero-order valence-corrected chi connectivity index (χ0v) is 10.2. The van der Waals surface area contributed by atoms with E-state index in [1.54, 1.807) is 0 Å². The molecule has 0 aliphatic carbocycles. The Morgan fingerprint density at radius 1 is 1.08 bits per heavy atom. The zero-order valence-electron chi connectivity index (χ0n) is 9.15. The summed E-state index contributed by atoms with van der Waals surface area (Å²) in [5.74, 6) is 0. The Hall–Kier alpha value is 0.147. The summed E-state index contributed by atoms with van der Waals surface area (Å²) >= 11 is 0. The lowest BCUT2D eigenvalue weighted by Gasteiger charge is -2.30. The maximum absolute atomic E-state index is 14.4. The minimum Gasteiger partial charge on any atom is -0.313 e. The van der Waals surface area contributed by atoms with Gasteiger partial charge in [0, 0.05) is 0 Å². The maximum Gasteiger partial charge on any atom is 0.252 e. The fourth-order valence-corrected chi connectivity index (χ4v) is 5.08. The highest BCUT2D eigenvalue weighted by Gasteiger charge is 2.40. The molecule has 0 aliphatic heterocycles. The number of hydrogen-bond acceptors (Lipinski definition) is 0. The summed E-state index contributed by atoms with van der Waals surface area (Å²) in [4.78, 5) is 0. The van der Waals surface area contributed by atoms with Crippen LogP contribution >= 0.6 is 0 Å². The minimum atomic E-state index is -2.43. The Labute approximate surface area is 77.7 Å². The molecule has 0 aromatic carbocycles. The van der Waals surface area contributed by atoms with E-state index in [2.05, 4.69) is 6.92 Å². The highest BCUT2D eigenvalue weighted by atomic mass is 28.4. The van der Waals surface area contributed by atoms with E-state index in [9.17, 15) is 4.11 Å². The minimum absolute atomic E-state index is 0.282. The van der Waals surface area contributed by atoms with Gasteiger partial charge in [0.15, 0.2) is 0 Å². The Balaban J connectivity index is 4.19. The van der Waals surface area contributed by atoms with Gasteiger partial charge in [-0.3, -0.25) is 0 Å². The van der Waals surface area contributed by atoms with E-state index in [-0.39, 0.29) is 11.1 Å². The lowest BCUT2D eigenvalue weighted by Crippen LogP contribution is -2.35. The van der Waals surface area contributed by atoms with Gasteiger partial charge in [0.25, 0.3) is 8.41 Å². The maximum atomic E-state index is 14.4. The quantitative estimate of drug-likeness (QED) is 0.441. The van der Waals surface area contributed by atoms with Gasteiger partial charge >= 0.3 is 0 Å². The van der Waals surface area contributed by atoms with Crippen molar-refractivity contribution in [3.05, 3.63) is 0 Å². The summed E-state index contributed by atoms with van der Waals surface area (Å²) in [5, 5.41) is 0. The second-order valence-electron chi connectivity index (χ2n) is 4.34. The molecule has 0 radical (unpaired) electrons. The largest absolute Gasteiger partial charge is 0.313 e. The first-order chi connectivity index (χ1) is 5.45. The number of unbranched alkanes of at least 4 members (excludes halogenated alkanes) is 1. The standard InChI is InChI=1S/C10H23FSi/c1-6-7-8-12(11,9(2)3)10(4)5/h9-10H,6-8H2,1-5H3. The van der Waals surface area contributed by atoms with E-state index in [0.717, 1.165) is 18.9 Å². The Kier molecular flexibility index (Phi) is 5.06. The second kappa shape index (κ2) is 5.00. The van der Waals surface area contributed by atoms with E-state index in [1.165, 1.54) is 0 Å². The van der Waals surface area contributed by atoms with E-state index in [0.29, 0.717) is 0 Å². The van der Waals surface area contributed by atoms with Crippen molar-refractivity contribution in [3.63, 3.8) is 0 Å². The molecule has 0 spiro atoms. The molecule has 0 aromatic heterocycles. The van der Waals surface area contributed by atoms with Crippen LogP contribution in [-0.2, 0) is 0 Å². The fraction of sp³-hybridized carbons (Fsp3) is 1.00. The lowest BCUT2D eigenvalue weighted by molar-refractivity contribution is 0.647. The van der Waals surface area contributed by atoms with Gasteiger partial charge in [0.05, 0.1) is 0 Å². The monoisotopic (exact) mass is 190 g/mol. The molecular weight excluding hydrogens is 167 g/mol. The summed E-state index contributed by atoms with van der Waals surface area (Å²) in [7, 11) is -2.43. The van der Waals surface area contributed by atoms with Crippen LogP contribution in [0.2, 0.25) is 17.1 Å². The van der Waals surface area contributed by atoms with Crippen LogP contribution in [0.3, 0.4) is 0 Å². The first-order valence-corrected chi connectivity index (χ1v) is 7.38. The second-order valence-corrected chi connectivity index (χ2v) is 9.00. The Bertz CT molecular complexity index is 113. The molecule has 74 valence electrons. The summed E-state index contributed by atoms with van der Waals surface area (Å²) < 4.78 is 14.4. The van der Waals surface area contributed by atoms with Gasteiger partial charge < -0.3 is 4.11 Å². The molecule has 0 aromatic rings. The Morgan fingerprint density at radius 2 is 1.50 bits per heavy atom. The molecule has 0 nitrogen and oxygen atoms in total. The van der Waals surface area contributed by atoms with Crippen molar-refractivity contribution < 1.29 is 4.11 Å². The molecule has 0 N–H and O–H groups in total. The molecule has 12 heavy (non-hydrogen) atoms. The molecule has 0 heterocycles. The van der Waals surface area contributed by atoms with E-state index < -0.39 is 8.41 Å². The van der Waals surface area contributed by atoms with Crippen LogP contribution in [0.25, 0.3) is 0 Å².